The number of hydrogen-bond acceptors (Lipinski definition) is 4. The van der Waals surface area contributed by atoms with Crippen molar-refractivity contribution in [1.82, 2.24) is 4.90 Å². The molecule has 2 fully saturated rings. The molecule has 1 unspecified atom stereocenters. The van der Waals surface area contributed by atoms with Gasteiger partial charge in [0.2, 0.25) is 0 Å². The van der Waals surface area contributed by atoms with Gasteiger partial charge in [-0.3, -0.25) is 4.79 Å². The molecular weight excluding hydrogens is 222 g/mol. The molecule has 0 amide bonds. The van der Waals surface area contributed by atoms with Crippen LogP contribution in [0.25, 0.3) is 0 Å². The number of methoxy groups -OCH3 is 1. The Hall–Kier alpha value is -0.650. The van der Waals surface area contributed by atoms with Crippen LogP contribution in [0.5, 0.6) is 0 Å². The molecule has 5 heteroatoms. The molecule has 2 saturated heterocycles. The first-order valence-electron chi connectivity index (χ1n) is 6.22. The molecule has 2 aliphatic heterocycles. The molecule has 2 aliphatic rings. The van der Waals surface area contributed by atoms with Crippen molar-refractivity contribution >= 4 is 5.97 Å². The Labute approximate surface area is 102 Å². The maximum absolute atomic E-state index is 11.4. The minimum absolute atomic E-state index is 0.340. The largest absolute Gasteiger partial charge is 0.481 e. The van der Waals surface area contributed by atoms with Crippen molar-refractivity contribution in [3.05, 3.63) is 0 Å². The number of likely N-dealkylation sites (tertiary alicyclic amines) is 1. The lowest BCUT2D eigenvalue weighted by molar-refractivity contribution is -0.150. The summed E-state index contributed by atoms with van der Waals surface area (Å²) in [6.45, 7) is 3.38. The molecule has 0 aliphatic carbocycles. The standard InChI is InChI=1S/C12H21NO4/c1-16-10-2-5-13(6-3-10)8-12(11(14)15)4-7-17-9-12/h10H,2-9H2,1H3,(H,14,15). The number of rotatable bonds is 4. The average Bonchev–Trinajstić information content (AvgIpc) is 2.80. The molecule has 1 atom stereocenters. The zero-order chi connectivity index (χ0) is 12.3. The second kappa shape index (κ2) is 5.33. The van der Waals surface area contributed by atoms with Gasteiger partial charge >= 0.3 is 5.97 Å². The highest BCUT2D eigenvalue weighted by atomic mass is 16.5. The van der Waals surface area contributed by atoms with Gasteiger partial charge in [-0.05, 0) is 19.3 Å². The van der Waals surface area contributed by atoms with Crippen LogP contribution in [0.3, 0.4) is 0 Å². The van der Waals surface area contributed by atoms with E-state index >= 15 is 0 Å². The Bertz CT molecular complexity index is 268. The predicted molar refractivity (Wildman–Crippen MR) is 62.0 cm³/mol. The molecule has 0 aromatic carbocycles. The zero-order valence-corrected chi connectivity index (χ0v) is 10.4. The van der Waals surface area contributed by atoms with E-state index in [0.29, 0.717) is 32.3 Å². The van der Waals surface area contributed by atoms with E-state index in [2.05, 4.69) is 4.90 Å². The molecule has 0 bridgehead atoms. The smallest absolute Gasteiger partial charge is 0.313 e. The van der Waals surface area contributed by atoms with Gasteiger partial charge in [-0.25, -0.2) is 0 Å². The predicted octanol–water partition coefficient (Wildman–Crippen LogP) is 0.589. The molecule has 2 heterocycles. The van der Waals surface area contributed by atoms with Gasteiger partial charge in [0.15, 0.2) is 0 Å². The van der Waals surface area contributed by atoms with E-state index in [1.807, 2.05) is 0 Å². The van der Waals surface area contributed by atoms with Gasteiger partial charge in [0.25, 0.3) is 0 Å². The Kier molecular flexibility index (Phi) is 4.01. The minimum Gasteiger partial charge on any atom is -0.481 e. The number of carboxylic acid groups (broad SMARTS) is 1. The summed E-state index contributed by atoms with van der Waals surface area (Å²) in [5, 5.41) is 9.36. The summed E-state index contributed by atoms with van der Waals surface area (Å²) in [5.74, 6) is -0.719. The highest BCUT2D eigenvalue weighted by Gasteiger charge is 2.44. The van der Waals surface area contributed by atoms with Crippen LogP contribution in [-0.4, -0.2) is 62.0 Å². The third-order valence-corrected chi connectivity index (χ3v) is 3.95. The van der Waals surface area contributed by atoms with Crippen LogP contribution in [0.15, 0.2) is 0 Å². The maximum Gasteiger partial charge on any atom is 0.313 e. The third kappa shape index (κ3) is 2.78. The molecule has 0 spiro atoms. The highest BCUT2D eigenvalue weighted by Crippen LogP contribution is 2.31. The van der Waals surface area contributed by atoms with Crippen molar-refractivity contribution in [2.24, 2.45) is 5.41 Å². The number of ether oxygens (including phenoxy) is 2. The van der Waals surface area contributed by atoms with Gasteiger partial charge < -0.3 is 19.5 Å². The second-order valence-corrected chi connectivity index (χ2v) is 5.10. The van der Waals surface area contributed by atoms with E-state index in [4.69, 9.17) is 9.47 Å². The summed E-state index contributed by atoms with van der Waals surface area (Å²) in [6, 6.07) is 0. The molecule has 0 aromatic heterocycles. The van der Waals surface area contributed by atoms with Gasteiger partial charge in [0.1, 0.15) is 5.41 Å². The number of carbonyl (C=O) groups is 1. The van der Waals surface area contributed by atoms with Gasteiger partial charge in [0, 0.05) is 33.4 Å². The van der Waals surface area contributed by atoms with Crippen LogP contribution < -0.4 is 0 Å². The van der Waals surface area contributed by atoms with Crippen LogP contribution in [0.2, 0.25) is 0 Å². The number of carboxylic acids is 1. The summed E-state index contributed by atoms with van der Waals surface area (Å²) in [5.41, 5.74) is -0.681. The number of hydrogen-bond donors (Lipinski definition) is 1. The quantitative estimate of drug-likeness (QED) is 0.783. The van der Waals surface area contributed by atoms with Gasteiger partial charge in [-0.2, -0.15) is 0 Å². The number of nitrogens with zero attached hydrogens (tertiary/aromatic N) is 1. The highest BCUT2D eigenvalue weighted by molar-refractivity contribution is 5.75. The first kappa shape index (κ1) is 12.8. The van der Waals surface area contributed by atoms with Crippen LogP contribution in [0, 0.1) is 5.41 Å². The molecule has 1 N–H and O–H groups in total. The molecule has 0 aromatic rings. The van der Waals surface area contributed by atoms with E-state index < -0.39 is 11.4 Å². The SMILES string of the molecule is COC1CCN(CC2(C(=O)O)CCOC2)CC1. The summed E-state index contributed by atoms with van der Waals surface area (Å²) in [7, 11) is 1.74. The second-order valence-electron chi connectivity index (χ2n) is 5.10. The summed E-state index contributed by atoms with van der Waals surface area (Å²) < 4.78 is 10.6. The third-order valence-electron chi connectivity index (χ3n) is 3.95. The Morgan fingerprint density at radius 1 is 1.53 bits per heavy atom. The number of aliphatic carboxylic acids is 1. The van der Waals surface area contributed by atoms with Gasteiger partial charge in [0.05, 0.1) is 12.7 Å². The lowest BCUT2D eigenvalue weighted by Gasteiger charge is -2.35. The lowest BCUT2D eigenvalue weighted by atomic mass is 9.86. The Morgan fingerprint density at radius 3 is 2.71 bits per heavy atom. The van der Waals surface area contributed by atoms with Crippen molar-refractivity contribution in [3.63, 3.8) is 0 Å². The van der Waals surface area contributed by atoms with Crippen LogP contribution >= 0.6 is 0 Å². The van der Waals surface area contributed by atoms with Gasteiger partial charge in [-0.15, -0.1) is 0 Å². The van der Waals surface area contributed by atoms with Crippen molar-refractivity contribution in [3.8, 4) is 0 Å². The fourth-order valence-corrected chi connectivity index (χ4v) is 2.70. The van der Waals surface area contributed by atoms with Crippen molar-refractivity contribution in [2.45, 2.75) is 25.4 Å². The summed E-state index contributed by atoms with van der Waals surface area (Å²) in [4.78, 5) is 13.6. The molecular formula is C12H21NO4. The van der Waals surface area contributed by atoms with Crippen molar-refractivity contribution in [1.29, 1.82) is 0 Å². The van der Waals surface area contributed by atoms with E-state index in [1.165, 1.54) is 0 Å². The summed E-state index contributed by atoms with van der Waals surface area (Å²) in [6.07, 6.45) is 2.96. The molecule has 0 radical (unpaired) electrons. The monoisotopic (exact) mass is 243 g/mol. The zero-order valence-electron chi connectivity index (χ0n) is 10.4. The molecule has 5 nitrogen and oxygen atoms in total. The van der Waals surface area contributed by atoms with E-state index in [0.717, 1.165) is 25.9 Å². The van der Waals surface area contributed by atoms with Crippen LogP contribution in [0.4, 0.5) is 0 Å². The molecule has 98 valence electrons. The maximum atomic E-state index is 11.4. The normalized spacial score (nSPS) is 31.8. The first-order chi connectivity index (χ1) is 8.16. The Morgan fingerprint density at radius 2 is 2.24 bits per heavy atom. The van der Waals surface area contributed by atoms with Crippen LogP contribution in [-0.2, 0) is 14.3 Å². The molecule has 17 heavy (non-hydrogen) atoms. The average molecular weight is 243 g/mol. The van der Waals surface area contributed by atoms with E-state index in [1.54, 1.807) is 7.11 Å². The summed E-state index contributed by atoms with van der Waals surface area (Å²) >= 11 is 0. The van der Waals surface area contributed by atoms with Crippen LogP contribution in [0.1, 0.15) is 19.3 Å². The molecule has 2 rings (SSSR count). The molecule has 0 saturated carbocycles. The van der Waals surface area contributed by atoms with Crippen molar-refractivity contribution < 1.29 is 19.4 Å². The van der Waals surface area contributed by atoms with E-state index in [-0.39, 0.29) is 0 Å². The van der Waals surface area contributed by atoms with E-state index in [9.17, 15) is 9.90 Å². The van der Waals surface area contributed by atoms with Crippen molar-refractivity contribution in [2.75, 3.05) is 40.0 Å². The topological polar surface area (TPSA) is 59.0 Å². The Balaban J connectivity index is 1.89. The minimum atomic E-state index is -0.719. The van der Waals surface area contributed by atoms with Gasteiger partial charge in [-0.1, -0.05) is 0 Å². The fourth-order valence-electron chi connectivity index (χ4n) is 2.70. The lowest BCUT2D eigenvalue weighted by Crippen LogP contribution is -2.47. The first-order valence-corrected chi connectivity index (χ1v) is 6.22. The number of piperidine rings is 1. The fraction of sp³-hybridized carbons (Fsp3) is 0.917.